The molecule has 0 saturated heterocycles. The van der Waals surface area contributed by atoms with Gasteiger partial charge in [0.15, 0.2) is 0 Å². The van der Waals surface area contributed by atoms with Gasteiger partial charge in [0.2, 0.25) is 0 Å². The SMILES string of the molecule is CC[C@@H](O)C1C=CC=C1c1cncnc1. The van der Waals surface area contributed by atoms with Crippen LogP contribution in [0.15, 0.2) is 36.9 Å². The van der Waals surface area contributed by atoms with Crippen LogP contribution in [-0.4, -0.2) is 21.2 Å². The van der Waals surface area contributed by atoms with Crippen LogP contribution in [0.5, 0.6) is 0 Å². The summed E-state index contributed by atoms with van der Waals surface area (Å²) in [4.78, 5) is 7.98. The maximum Gasteiger partial charge on any atom is 0.115 e. The van der Waals surface area contributed by atoms with Gasteiger partial charge < -0.3 is 5.11 Å². The van der Waals surface area contributed by atoms with Crippen molar-refractivity contribution in [2.45, 2.75) is 19.4 Å². The summed E-state index contributed by atoms with van der Waals surface area (Å²) in [5.41, 5.74) is 2.09. The van der Waals surface area contributed by atoms with Gasteiger partial charge in [-0.05, 0) is 12.0 Å². The van der Waals surface area contributed by atoms with Crippen LogP contribution in [0.4, 0.5) is 0 Å². The lowest BCUT2D eigenvalue weighted by Crippen LogP contribution is -2.17. The van der Waals surface area contributed by atoms with Crippen LogP contribution in [0, 0.1) is 5.92 Å². The minimum absolute atomic E-state index is 0.0843. The van der Waals surface area contributed by atoms with E-state index in [0.717, 1.165) is 17.6 Å². The summed E-state index contributed by atoms with van der Waals surface area (Å²) in [7, 11) is 0. The zero-order valence-corrected chi connectivity index (χ0v) is 8.67. The zero-order valence-electron chi connectivity index (χ0n) is 8.67. The highest BCUT2D eigenvalue weighted by Gasteiger charge is 2.22. The molecule has 1 heterocycles. The van der Waals surface area contributed by atoms with Crippen LogP contribution in [0.1, 0.15) is 18.9 Å². The van der Waals surface area contributed by atoms with E-state index >= 15 is 0 Å². The fraction of sp³-hybridized carbons (Fsp3) is 0.333. The minimum Gasteiger partial charge on any atom is -0.392 e. The van der Waals surface area contributed by atoms with Crippen LogP contribution in [-0.2, 0) is 0 Å². The largest absolute Gasteiger partial charge is 0.392 e. The topological polar surface area (TPSA) is 46.0 Å². The van der Waals surface area contributed by atoms with Gasteiger partial charge in [-0.2, -0.15) is 0 Å². The van der Waals surface area contributed by atoms with Crippen molar-refractivity contribution in [1.82, 2.24) is 9.97 Å². The maximum absolute atomic E-state index is 9.86. The van der Waals surface area contributed by atoms with Crippen molar-refractivity contribution in [3.8, 4) is 0 Å². The van der Waals surface area contributed by atoms with Crippen molar-refractivity contribution < 1.29 is 5.11 Å². The van der Waals surface area contributed by atoms with E-state index in [0.29, 0.717) is 0 Å². The molecule has 0 aliphatic heterocycles. The predicted molar refractivity (Wildman–Crippen MR) is 58.9 cm³/mol. The number of aliphatic hydroxyl groups excluding tert-OH is 1. The van der Waals surface area contributed by atoms with Crippen molar-refractivity contribution in [3.05, 3.63) is 42.5 Å². The van der Waals surface area contributed by atoms with E-state index in [1.807, 2.05) is 25.2 Å². The molecule has 15 heavy (non-hydrogen) atoms. The molecule has 0 bridgehead atoms. The molecule has 3 heteroatoms. The second-order valence-corrected chi connectivity index (χ2v) is 3.64. The Bertz CT molecular complexity index is 384. The molecule has 0 amide bonds. The van der Waals surface area contributed by atoms with E-state index < -0.39 is 0 Å². The first kappa shape index (κ1) is 10.1. The number of allylic oxidation sites excluding steroid dienone is 2. The molecule has 1 aliphatic carbocycles. The summed E-state index contributed by atoms with van der Waals surface area (Å²) in [6.45, 7) is 1.98. The summed E-state index contributed by atoms with van der Waals surface area (Å²) in [6.07, 6.45) is 11.5. The average Bonchev–Trinajstić information content (AvgIpc) is 2.78. The monoisotopic (exact) mass is 202 g/mol. The second-order valence-electron chi connectivity index (χ2n) is 3.64. The van der Waals surface area contributed by atoms with Crippen molar-refractivity contribution in [1.29, 1.82) is 0 Å². The fourth-order valence-corrected chi connectivity index (χ4v) is 1.82. The van der Waals surface area contributed by atoms with Crippen LogP contribution >= 0.6 is 0 Å². The van der Waals surface area contributed by atoms with Gasteiger partial charge in [-0.25, -0.2) is 9.97 Å². The van der Waals surface area contributed by atoms with Crippen molar-refractivity contribution in [2.75, 3.05) is 0 Å². The number of nitrogens with zero attached hydrogens (tertiary/aromatic N) is 2. The smallest absolute Gasteiger partial charge is 0.115 e. The van der Waals surface area contributed by atoms with E-state index in [1.54, 1.807) is 12.4 Å². The lowest BCUT2D eigenvalue weighted by atomic mass is 9.91. The predicted octanol–water partition coefficient (Wildman–Crippen LogP) is 1.82. The van der Waals surface area contributed by atoms with E-state index in [1.165, 1.54) is 6.33 Å². The molecule has 1 unspecified atom stereocenters. The first-order chi connectivity index (χ1) is 7.33. The third kappa shape index (κ3) is 1.97. The third-order valence-electron chi connectivity index (χ3n) is 2.68. The molecule has 1 aliphatic rings. The van der Waals surface area contributed by atoms with Gasteiger partial charge >= 0.3 is 0 Å². The van der Waals surface area contributed by atoms with E-state index in [2.05, 4.69) is 9.97 Å². The summed E-state index contributed by atoms with van der Waals surface area (Å²) in [5, 5.41) is 9.86. The molecule has 0 radical (unpaired) electrons. The van der Waals surface area contributed by atoms with Crippen LogP contribution in [0.2, 0.25) is 0 Å². The van der Waals surface area contributed by atoms with Gasteiger partial charge in [0, 0.05) is 23.9 Å². The first-order valence-corrected chi connectivity index (χ1v) is 5.14. The van der Waals surface area contributed by atoms with Crippen molar-refractivity contribution in [3.63, 3.8) is 0 Å². The number of rotatable bonds is 3. The quantitative estimate of drug-likeness (QED) is 0.813. The first-order valence-electron chi connectivity index (χ1n) is 5.14. The Kier molecular flexibility index (Phi) is 2.92. The number of hydrogen-bond acceptors (Lipinski definition) is 3. The molecule has 0 saturated carbocycles. The minimum atomic E-state index is -0.324. The molecule has 1 aromatic heterocycles. The molecule has 2 atom stereocenters. The van der Waals surface area contributed by atoms with Crippen LogP contribution < -0.4 is 0 Å². The van der Waals surface area contributed by atoms with Crippen molar-refractivity contribution >= 4 is 5.57 Å². The van der Waals surface area contributed by atoms with E-state index in [-0.39, 0.29) is 12.0 Å². The number of hydrogen-bond donors (Lipinski definition) is 1. The van der Waals surface area contributed by atoms with Gasteiger partial charge in [-0.1, -0.05) is 25.2 Å². The van der Waals surface area contributed by atoms with Gasteiger partial charge in [-0.15, -0.1) is 0 Å². The Balaban J connectivity index is 2.24. The fourth-order valence-electron chi connectivity index (χ4n) is 1.82. The summed E-state index contributed by atoms with van der Waals surface area (Å²) >= 11 is 0. The zero-order chi connectivity index (χ0) is 10.7. The number of aliphatic hydroxyl groups is 1. The average molecular weight is 202 g/mol. The van der Waals surface area contributed by atoms with Gasteiger partial charge in [-0.3, -0.25) is 0 Å². The summed E-state index contributed by atoms with van der Waals surface area (Å²) in [5.74, 6) is 0.0843. The highest BCUT2D eigenvalue weighted by molar-refractivity contribution is 5.72. The molecule has 1 N–H and O–H groups in total. The Labute approximate surface area is 89.2 Å². The molecule has 0 aromatic carbocycles. The standard InChI is InChI=1S/C12H14N2O/c1-2-12(15)11-5-3-4-10(11)9-6-13-8-14-7-9/h3-8,11-12,15H,2H2,1H3/t11?,12-/m1/s1. The third-order valence-corrected chi connectivity index (χ3v) is 2.68. The lowest BCUT2D eigenvalue weighted by molar-refractivity contribution is 0.149. The van der Waals surface area contributed by atoms with Gasteiger partial charge in [0.1, 0.15) is 6.33 Å². The van der Waals surface area contributed by atoms with E-state index in [9.17, 15) is 5.11 Å². The van der Waals surface area contributed by atoms with Gasteiger partial charge in [0.25, 0.3) is 0 Å². The maximum atomic E-state index is 9.86. The highest BCUT2D eigenvalue weighted by Crippen LogP contribution is 2.31. The Morgan fingerprint density at radius 2 is 2.13 bits per heavy atom. The molecular weight excluding hydrogens is 188 g/mol. The molecule has 1 aromatic rings. The number of aromatic nitrogens is 2. The summed E-state index contributed by atoms with van der Waals surface area (Å²) in [6, 6.07) is 0. The molecule has 0 spiro atoms. The molecule has 2 rings (SSSR count). The second kappa shape index (κ2) is 4.36. The van der Waals surface area contributed by atoms with E-state index in [4.69, 9.17) is 0 Å². The Morgan fingerprint density at radius 1 is 1.40 bits per heavy atom. The van der Waals surface area contributed by atoms with Crippen LogP contribution in [0.3, 0.4) is 0 Å². The molecule has 3 nitrogen and oxygen atoms in total. The normalized spacial score (nSPS) is 21.5. The van der Waals surface area contributed by atoms with Crippen molar-refractivity contribution in [2.24, 2.45) is 5.92 Å². The highest BCUT2D eigenvalue weighted by atomic mass is 16.3. The molecular formula is C12H14N2O. The Hall–Kier alpha value is -1.48. The van der Waals surface area contributed by atoms with Crippen LogP contribution in [0.25, 0.3) is 5.57 Å². The summed E-state index contributed by atoms with van der Waals surface area (Å²) < 4.78 is 0. The molecule has 78 valence electrons. The molecule has 0 fully saturated rings. The van der Waals surface area contributed by atoms with Gasteiger partial charge in [0.05, 0.1) is 6.10 Å². The Morgan fingerprint density at radius 3 is 2.80 bits per heavy atom. The lowest BCUT2D eigenvalue weighted by Gasteiger charge is -2.18.